The van der Waals surface area contributed by atoms with E-state index >= 15 is 0 Å². The third kappa shape index (κ3) is 1.92. The Labute approximate surface area is 106 Å². The molecule has 4 nitrogen and oxygen atoms in total. The van der Waals surface area contributed by atoms with Crippen molar-refractivity contribution in [2.75, 3.05) is 0 Å². The van der Waals surface area contributed by atoms with Crippen LogP contribution < -0.4 is 0 Å². The molecular weight excluding hydrogens is 284 g/mol. The third-order valence-electron chi connectivity index (χ3n) is 2.69. The van der Waals surface area contributed by atoms with Crippen LogP contribution in [-0.2, 0) is 11.3 Å². The Kier molecular flexibility index (Phi) is 2.90. The SMILES string of the molecule is Cc1c(C#N)c2cc(Br)ccc2n1CC(=O)O. The largest absolute Gasteiger partial charge is 0.480 e. The molecule has 1 N–H and O–H groups in total. The van der Waals surface area contributed by atoms with E-state index in [-0.39, 0.29) is 6.54 Å². The molecule has 1 heterocycles. The second kappa shape index (κ2) is 4.22. The molecule has 1 aromatic heterocycles. The predicted molar refractivity (Wildman–Crippen MR) is 66.7 cm³/mol. The van der Waals surface area contributed by atoms with Crippen molar-refractivity contribution < 1.29 is 9.90 Å². The molecule has 0 unspecified atom stereocenters. The van der Waals surface area contributed by atoms with E-state index in [0.717, 1.165) is 15.4 Å². The van der Waals surface area contributed by atoms with Gasteiger partial charge >= 0.3 is 5.97 Å². The molecule has 17 heavy (non-hydrogen) atoms. The molecule has 0 radical (unpaired) electrons. The Bertz CT molecular complexity index is 653. The van der Waals surface area contributed by atoms with Crippen LogP contribution in [0.15, 0.2) is 22.7 Å². The second-order valence-corrected chi connectivity index (χ2v) is 4.63. The third-order valence-corrected chi connectivity index (χ3v) is 3.18. The summed E-state index contributed by atoms with van der Waals surface area (Å²) in [7, 11) is 0. The number of fused-ring (bicyclic) bond motifs is 1. The second-order valence-electron chi connectivity index (χ2n) is 3.71. The lowest BCUT2D eigenvalue weighted by molar-refractivity contribution is -0.137. The number of halogens is 1. The average molecular weight is 293 g/mol. The van der Waals surface area contributed by atoms with Crippen molar-refractivity contribution in [3.8, 4) is 6.07 Å². The summed E-state index contributed by atoms with van der Waals surface area (Å²) in [5.41, 5.74) is 1.98. The van der Waals surface area contributed by atoms with Crippen molar-refractivity contribution >= 4 is 32.8 Å². The minimum absolute atomic E-state index is 0.133. The van der Waals surface area contributed by atoms with Crippen molar-refractivity contribution in [1.82, 2.24) is 4.57 Å². The van der Waals surface area contributed by atoms with Crippen molar-refractivity contribution in [3.05, 3.63) is 33.9 Å². The number of aromatic nitrogens is 1. The highest BCUT2D eigenvalue weighted by Gasteiger charge is 2.15. The van der Waals surface area contributed by atoms with Crippen molar-refractivity contribution in [3.63, 3.8) is 0 Å². The molecule has 1 aromatic carbocycles. The van der Waals surface area contributed by atoms with Gasteiger partial charge in [-0.3, -0.25) is 4.79 Å². The van der Waals surface area contributed by atoms with Gasteiger partial charge in [0.1, 0.15) is 12.6 Å². The molecule has 0 aliphatic rings. The van der Waals surface area contributed by atoms with Gasteiger partial charge < -0.3 is 9.67 Å². The van der Waals surface area contributed by atoms with Gasteiger partial charge in [0, 0.05) is 15.6 Å². The number of benzene rings is 1. The summed E-state index contributed by atoms with van der Waals surface area (Å²) in [6.45, 7) is 1.63. The number of aliphatic carboxylic acids is 1. The van der Waals surface area contributed by atoms with Gasteiger partial charge in [0.25, 0.3) is 0 Å². The molecule has 0 saturated carbocycles. The first-order valence-corrected chi connectivity index (χ1v) is 5.74. The van der Waals surface area contributed by atoms with Crippen LogP contribution in [0.1, 0.15) is 11.3 Å². The molecule has 2 rings (SSSR count). The van der Waals surface area contributed by atoms with E-state index in [1.54, 1.807) is 11.5 Å². The van der Waals surface area contributed by atoms with E-state index in [9.17, 15) is 4.79 Å². The summed E-state index contributed by atoms with van der Waals surface area (Å²) >= 11 is 3.35. The van der Waals surface area contributed by atoms with Gasteiger partial charge in [-0.1, -0.05) is 15.9 Å². The number of carboxylic acid groups (broad SMARTS) is 1. The molecule has 0 aliphatic carbocycles. The molecule has 0 aliphatic heterocycles. The molecule has 0 amide bonds. The summed E-state index contributed by atoms with van der Waals surface area (Å²) in [6, 6.07) is 7.61. The monoisotopic (exact) mass is 292 g/mol. The Morgan fingerprint density at radius 3 is 2.88 bits per heavy atom. The molecule has 2 aromatic rings. The Morgan fingerprint density at radius 1 is 1.59 bits per heavy atom. The van der Waals surface area contributed by atoms with E-state index in [2.05, 4.69) is 22.0 Å². The van der Waals surface area contributed by atoms with E-state index in [0.29, 0.717) is 11.3 Å². The van der Waals surface area contributed by atoms with Gasteiger partial charge in [-0.15, -0.1) is 0 Å². The smallest absolute Gasteiger partial charge is 0.323 e. The fraction of sp³-hybridized carbons (Fsp3) is 0.167. The van der Waals surface area contributed by atoms with Gasteiger partial charge in [-0.05, 0) is 25.1 Å². The highest BCUT2D eigenvalue weighted by Crippen LogP contribution is 2.28. The van der Waals surface area contributed by atoms with Crippen LogP contribution in [0.4, 0.5) is 0 Å². The van der Waals surface area contributed by atoms with Crippen LogP contribution in [0, 0.1) is 18.3 Å². The Morgan fingerprint density at radius 2 is 2.29 bits per heavy atom. The summed E-state index contributed by atoms with van der Waals surface area (Å²) in [5, 5.41) is 18.8. The molecule has 0 spiro atoms. The standard InChI is InChI=1S/C12H9BrN2O2/c1-7-10(5-14)9-4-8(13)2-3-11(9)15(7)6-12(16)17/h2-4H,6H2,1H3,(H,16,17). The maximum Gasteiger partial charge on any atom is 0.323 e. The van der Waals surface area contributed by atoms with Crippen LogP contribution >= 0.6 is 15.9 Å². The number of hydrogen-bond donors (Lipinski definition) is 1. The van der Waals surface area contributed by atoms with E-state index in [4.69, 9.17) is 10.4 Å². The quantitative estimate of drug-likeness (QED) is 0.925. The minimum atomic E-state index is -0.919. The van der Waals surface area contributed by atoms with E-state index in [1.165, 1.54) is 0 Å². The number of nitriles is 1. The lowest BCUT2D eigenvalue weighted by Gasteiger charge is -2.03. The van der Waals surface area contributed by atoms with Crippen molar-refractivity contribution in [1.29, 1.82) is 5.26 Å². The topological polar surface area (TPSA) is 66.0 Å². The number of carboxylic acids is 1. The van der Waals surface area contributed by atoms with Gasteiger partial charge in [-0.2, -0.15) is 5.26 Å². The van der Waals surface area contributed by atoms with Crippen LogP contribution in [0.2, 0.25) is 0 Å². The van der Waals surface area contributed by atoms with Crippen LogP contribution in [-0.4, -0.2) is 15.6 Å². The van der Waals surface area contributed by atoms with Crippen LogP contribution in [0.25, 0.3) is 10.9 Å². The average Bonchev–Trinajstić information content (AvgIpc) is 2.50. The molecule has 5 heteroatoms. The van der Waals surface area contributed by atoms with Gasteiger partial charge in [0.05, 0.1) is 11.1 Å². The summed E-state index contributed by atoms with van der Waals surface area (Å²) in [5.74, 6) is -0.919. The fourth-order valence-corrected chi connectivity index (χ4v) is 2.30. The molecule has 0 atom stereocenters. The molecule has 86 valence electrons. The Balaban J connectivity index is 2.80. The summed E-state index contributed by atoms with van der Waals surface area (Å²) in [4.78, 5) is 10.8. The number of nitrogens with zero attached hydrogens (tertiary/aromatic N) is 2. The highest BCUT2D eigenvalue weighted by atomic mass is 79.9. The predicted octanol–water partition coefficient (Wildman–Crippen LogP) is 2.67. The first kappa shape index (κ1) is 11.7. The lowest BCUT2D eigenvalue weighted by Crippen LogP contribution is -2.09. The van der Waals surface area contributed by atoms with Crippen LogP contribution in [0.3, 0.4) is 0 Å². The van der Waals surface area contributed by atoms with Crippen molar-refractivity contribution in [2.24, 2.45) is 0 Å². The van der Waals surface area contributed by atoms with Crippen molar-refractivity contribution in [2.45, 2.75) is 13.5 Å². The molecular formula is C12H9BrN2O2. The zero-order chi connectivity index (χ0) is 12.6. The van der Waals surface area contributed by atoms with E-state index in [1.807, 2.05) is 18.2 Å². The fourth-order valence-electron chi connectivity index (χ4n) is 1.93. The van der Waals surface area contributed by atoms with Gasteiger partial charge in [0.2, 0.25) is 0 Å². The van der Waals surface area contributed by atoms with Gasteiger partial charge in [0.15, 0.2) is 0 Å². The Hall–Kier alpha value is -1.80. The zero-order valence-corrected chi connectivity index (χ0v) is 10.7. The molecule has 0 fully saturated rings. The zero-order valence-electron chi connectivity index (χ0n) is 9.07. The van der Waals surface area contributed by atoms with Crippen LogP contribution in [0.5, 0.6) is 0 Å². The minimum Gasteiger partial charge on any atom is -0.480 e. The number of carbonyl (C=O) groups is 1. The summed E-state index contributed by atoms with van der Waals surface area (Å²) < 4.78 is 2.51. The number of rotatable bonds is 2. The first-order chi connectivity index (χ1) is 8.04. The molecule has 0 bridgehead atoms. The normalized spacial score (nSPS) is 10.4. The maximum absolute atomic E-state index is 10.8. The number of hydrogen-bond acceptors (Lipinski definition) is 2. The lowest BCUT2D eigenvalue weighted by atomic mass is 10.1. The van der Waals surface area contributed by atoms with Gasteiger partial charge in [-0.25, -0.2) is 0 Å². The maximum atomic E-state index is 10.8. The highest BCUT2D eigenvalue weighted by molar-refractivity contribution is 9.10. The molecule has 0 saturated heterocycles. The van der Waals surface area contributed by atoms with E-state index < -0.39 is 5.97 Å². The summed E-state index contributed by atoms with van der Waals surface area (Å²) in [6.07, 6.45) is 0. The first-order valence-electron chi connectivity index (χ1n) is 4.95.